The largest absolute Gasteiger partial charge is 0.387 e. The van der Waals surface area contributed by atoms with Gasteiger partial charge in [-0.15, -0.1) is 0 Å². The normalized spacial score (nSPS) is 32.0. The molecule has 1 aliphatic carbocycles. The molecule has 68 valence electrons. The Balaban J connectivity index is 1.97. The highest BCUT2D eigenvalue weighted by Gasteiger charge is 2.26. The summed E-state index contributed by atoms with van der Waals surface area (Å²) in [5.74, 6) is 1.77. The zero-order chi connectivity index (χ0) is 8.39. The van der Waals surface area contributed by atoms with E-state index in [9.17, 15) is 0 Å². The Morgan fingerprint density at radius 1 is 1.08 bits per heavy atom. The second-order valence-corrected chi connectivity index (χ2v) is 4.12. The van der Waals surface area contributed by atoms with Crippen LogP contribution in [0, 0.1) is 5.92 Å². The summed E-state index contributed by atoms with van der Waals surface area (Å²) in [6.45, 7) is 0. The van der Waals surface area contributed by atoms with Crippen molar-refractivity contribution in [3.63, 3.8) is 0 Å². The molecule has 2 aliphatic rings. The van der Waals surface area contributed by atoms with Crippen molar-refractivity contribution in [1.29, 1.82) is 0 Å². The van der Waals surface area contributed by atoms with Crippen LogP contribution in [0.25, 0.3) is 0 Å². The van der Waals surface area contributed by atoms with Gasteiger partial charge in [0.05, 0.1) is 11.9 Å². The minimum atomic E-state index is 0.584. The van der Waals surface area contributed by atoms with E-state index < -0.39 is 0 Å². The number of nitrogens with two attached hydrogens (primary N) is 1. The van der Waals surface area contributed by atoms with Crippen molar-refractivity contribution in [3.8, 4) is 0 Å². The van der Waals surface area contributed by atoms with Crippen LogP contribution in [0.3, 0.4) is 0 Å². The number of aliphatic imine (C=N–C) groups is 1. The third-order valence-corrected chi connectivity index (χ3v) is 3.21. The fourth-order valence-corrected chi connectivity index (χ4v) is 2.52. The lowest BCUT2D eigenvalue weighted by Crippen LogP contribution is -2.26. The van der Waals surface area contributed by atoms with Crippen molar-refractivity contribution < 1.29 is 0 Å². The van der Waals surface area contributed by atoms with Gasteiger partial charge in [0.1, 0.15) is 0 Å². The molecule has 1 atom stereocenters. The molecule has 0 aromatic heterocycles. The molecule has 12 heavy (non-hydrogen) atoms. The van der Waals surface area contributed by atoms with E-state index in [1.807, 2.05) is 0 Å². The summed E-state index contributed by atoms with van der Waals surface area (Å²) in [5.41, 5.74) is 5.74. The highest BCUT2D eigenvalue weighted by molar-refractivity contribution is 5.80. The van der Waals surface area contributed by atoms with Crippen molar-refractivity contribution in [1.82, 2.24) is 0 Å². The first-order chi connectivity index (χ1) is 5.86. The molecule has 0 aromatic rings. The second-order valence-electron chi connectivity index (χ2n) is 4.12. The Kier molecular flexibility index (Phi) is 2.33. The Morgan fingerprint density at radius 3 is 2.50 bits per heavy atom. The van der Waals surface area contributed by atoms with E-state index in [0.29, 0.717) is 6.04 Å². The van der Waals surface area contributed by atoms with Gasteiger partial charge in [-0.25, -0.2) is 0 Å². The van der Waals surface area contributed by atoms with Crippen molar-refractivity contribution in [3.05, 3.63) is 0 Å². The lowest BCUT2D eigenvalue weighted by molar-refractivity contribution is 0.395. The zero-order valence-electron chi connectivity index (χ0n) is 7.63. The van der Waals surface area contributed by atoms with E-state index in [0.717, 1.165) is 18.2 Å². The van der Waals surface area contributed by atoms with E-state index in [-0.39, 0.29) is 0 Å². The Bertz CT molecular complexity index is 180. The molecule has 0 radical (unpaired) electrons. The zero-order valence-corrected chi connectivity index (χ0v) is 7.63. The maximum atomic E-state index is 5.74. The predicted molar refractivity (Wildman–Crippen MR) is 51.2 cm³/mol. The molecule has 0 saturated heterocycles. The maximum Gasteiger partial charge on any atom is 0.0940 e. The molecule has 0 bridgehead atoms. The van der Waals surface area contributed by atoms with E-state index in [2.05, 4.69) is 4.99 Å². The fourth-order valence-electron chi connectivity index (χ4n) is 2.52. The number of hydrogen-bond donors (Lipinski definition) is 1. The van der Waals surface area contributed by atoms with E-state index in [1.54, 1.807) is 0 Å². The van der Waals surface area contributed by atoms with Gasteiger partial charge in [-0.2, -0.15) is 0 Å². The van der Waals surface area contributed by atoms with Crippen LogP contribution in [0.1, 0.15) is 44.9 Å². The first kappa shape index (κ1) is 8.09. The average Bonchev–Trinajstić information content (AvgIpc) is 2.56. The van der Waals surface area contributed by atoms with Gasteiger partial charge in [-0.05, 0) is 31.6 Å². The van der Waals surface area contributed by atoms with Crippen LogP contribution < -0.4 is 5.73 Å². The molecule has 1 unspecified atom stereocenters. The first-order valence-electron chi connectivity index (χ1n) is 5.18. The molecule has 2 heteroatoms. The van der Waals surface area contributed by atoms with Gasteiger partial charge in [0.15, 0.2) is 0 Å². The number of nitrogens with zero attached hydrogens (tertiary/aromatic N) is 1. The first-order valence-corrected chi connectivity index (χ1v) is 5.18. The monoisotopic (exact) mass is 166 g/mol. The van der Waals surface area contributed by atoms with Crippen molar-refractivity contribution in [2.45, 2.75) is 51.0 Å². The highest BCUT2D eigenvalue weighted by atomic mass is 14.9. The van der Waals surface area contributed by atoms with Gasteiger partial charge in [0.2, 0.25) is 0 Å². The summed E-state index contributed by atoms with van der Waals surface area (Å²) >= 11 is 0. The summed E-state index contributed by atoms with van der Waals surface area (Å²) in [5, 5.41) is 0. The molecule has 2 N–H and O–H groups in total. The molecule has 2 nitrogen and oxygen atoms in total. The van der Waals surface area contributed by atoms with Crippen LogP contribution in [0.15, 0.2) is 4.99 Å². The SMILES string of the molecule is NC1=NC(C2CCCC2)CCC1. The number of amidine groups is 1. The Morgan fingerprint density at radius 2 is 1.83 bits per heavy atom. The van der Waals surface area contributed by atoms with Crippen LogP contribution >= 0.6 is 0 Å². The summed E-state index contributed by atoms with van der Waals surface area (Å²) in [6, 6.07) is 0.584. The molecular formula is C10H18N2. The lowest BCUT2D eigenvalue weighted by atomic mass is 9.92. The molecule has 2 rings (SSSR count). The molecular weight excluding hydrogens is 148 g/mol. The minimum Gasteiger partial charge on any atom is -0.387 e. The standard InChI is InChI=1S/C10H18N2/c11-10-7-3-6-9(12-10)8-4-1-2-5-8/h8-9H,1-7H2,(H2,11,12). The van der Waals surface area contributed by atoms with Gasteiger partial charge in [-0.1, -0.05) is 12.8 Å². The van der Waals surface area contributed by atoms with Crippen LogP contribution in [-0.4, -0.2) is 11.9 Å². The molecule has 1 heterocycles. The van der Waals surface area contributed by atoms with Gasteiger partial charge in [0, 0.05) is 6.42 Å². The Labute approximate surface area is 74.2 Å². The van der Waals surface area contributed by atoms with Crippen molar-refractivity contribution >= 4 is 5.84 Å². The van der Waals surface area contributed by atoms with E-state index >= 15 is 0 Å². The van der Waals surface area contributed by atoms with Crippen LogP contribution in [-0.2, 0) is 0 Å². The Hall–Kier alpha value is -0.530. The van der Waals surface area contributed by atoms with Gasteiger partial charge in [-0.3, -0.25) is 4.99 Å². The van der Waals surface area contributed by atoms with Crippen molar-refractivity contribution in [2.75, 3.05) is 0 Å². The van der Waals surface area contributed by atoms with Crippen LogP contribution in [0.4, 0.5) is 0 Å². The minimum absolute atomic E-state index is 0.584. The van der Waals surface area contributed by atoms with Gasteiger partial charge in [0.25, 0.3) is 0 Å². The third-order valence-electron chi connectivity index (χ3n) is 3.21. The van der Waals surface area contributed by atoms with Crippen LogP contribution in [0.2, 0.25) is 0 Å². The topological polar surface area (TPSA) is 38.4 Å². The van der Waals surface area contributed by atoms with E-state index in [4.69, 9.17) is 5.73 Å². The quantitative estimate of drug-likeness (QED) is 0.636. The summed E-state index contributed by atoms with van der Waals surface area (Å²) in [7, 11) is 0. The molecule has 0 aromatic carbocycles. The molecule has 1 fully saturated rings. The van der Waals surface area contributed by atoms with Crippen molar-refractivity contribution in [2.24, 2.45) is 16.6 Å². The number of hydrogen-bond acceptors (Lipinski definition) is 2. The summed E-state index contributed by atoms with van der Waals surface area (Å²) in [4.78, 5) is 4.56. The van der Waals surface area contributed by atoms with Gasteiger partial charge >= 0.3 is 0 Å². The second kappa shape index (κ2) is 3.46. The summed E-state index contributed by atoms with van der Waals surface area (Å²) in [6.07, 6.45) is 9.18. The molecule has 1 saturated carbocycles. The van der Waals surface area contributed by atoms with Gasteiger partial charge < -0.3 is 5.73 Å². The lowest BCUT2D eigenvalue weighted by Gasteiger charge is -2.23. The third kappa shape index (κ3) is 1.62. The maximum absolute atomic E-state index is 5.74. The summed E-state index contributed by atoms with van der Waals surface area (Å²) < 4.78 is 0. The fraction of sp³-hybridized carbons (Fsp3) is 0.900. The van der Waals surface area contributed by atoms with Crippen LogP contribution in [0.5, 0.6) is 0 Å². The molecule has 0 spiro atoms. The molecule has 0 amide bonds. The highest BCUT2D eigenvalue weighted by Crippen LogP contribution is 2.32. The smallest absolute Gasteiger partial charge is 0.0940 e. The number of rotatable bonds is 1. The molecule has 1 aliphatic heterocycles. The van der Waals surface area contributed by atoms with E-state index in [1.165, 1.54) is 38.5 Å². The predicted octanol–water partition coefficient (Wildman–Crippen LogP) is 2.09. The average molecular weight is 166 g/mol.